The summed E-state index contributed by atoms with van der Waals surface area (Å²) in [6.07, 6.45) is 1.73. The molecule has 4 aromatic rings. The molecule has 0 fully saturated rings. The highest BCUT2D eigenvalue weighted by atomic mass is 16.5. The number of hydrogen-bond acceptors (Lipinski definition) is 4. The average molecular weight is 370 g/mol. The number of carbonyl (C=O) groups excluding carboxylic acids is 1. The first-order valence-corrected chi connectivity index (χ1v) is 8.84. The SMILES string of the molecule is O=C(COc1ccccc1)Nc1ccc(-n2nncc2-c2ccccc2)cc1. The van der Waals surface area contributed by atoms with Crippen molar-refractivity contribution in [2.24, 2.45) is 0 Å². The third-order valence-corrected chi connectivity index (χ3v) is 4.13. The molecular weight excluding hydrogens is 352 g/mol. The number of carbonyl (C=O) groups is 1. The van der Waals surface area contributed by atoms with Gasteiger partial charge in [0.15, 0.2) is 6.61 Å². The Kier molecular flexibility index (Phi) is 5.11. The van der Waals surface area contributed by atoms with Gasteiger partial charge in [0.25, 0.3) is 5.91 Å². The van der Waals surface area contributed by atoms with Gasteiger partial charge in [0.05, 0.1) is 17.6 Å². The second kappa shape index (κ2) is 8.18. The molecule has 138 valence electrons. The molecule has 6 heteroatoms. The molecule has 1 N–H and O–H groups in total. The van der Waals surface area contributed by atoms with Gasteiger partial charge < -0.3 is 10.1 Å². The molecule has 0 saturated heterocycles. The lowest BCUT2D eigenvalue weighted by Crippen LogP contribution is -2.20. The highest BCUT2D eigenvalue weighted by molar-refractivity contribution is 5.91. The summed E-state index contributed by atoms with van der Waals surface area (Å²) in [4.78, 5) is 12.1. The third-order valence-electron chi connectivity index (χ3n) is 4.13. The lowest BCUT2D eigenvalue weighted by Gasteiger charge is -2.09. The van der Waals surface area contributed by atoms with Crippen molar-refractivity contribution in [1.29, 1.82) is 0 Å². The summed E-state index contributed by atoms with van der Waals surface area (Å²) >= 11 is 0. The molecule has 0 unspecified atom stereocenters. The zero-order valence-electron chi connectivity index (χ0n) is 15.0. The highest BCUT2D eigenvalue weighted by Gasteiger charge is 2.09. The molecule has 0 aliphatic rings. The summed E-state index contributed by atoms with van der Waals surface area (Å²) in [5, 5.41) is 11.0. The number of para-hydroxylation sites is 1. The van der Waals surface area contributed by atoms with Crippen molar-refractivity contribution < 1.29 is 9.53 Å². The number of amides is 1. The smallest absolute Gasteiger partial charge is 0.262 e. The fraction of sp³-hybridized carbons (Fsp3) is 0.0455. The van der Waals surface area contributed by atoms with Gasteiger partial charge in [-0.1, -0.05) is 53.7 Å². The van der Waals surface area contributed by atoms with E-state index in [1.165, 1.54) is 0 Å². The van der Waals surface area contributed by atoms with Crippen molar-refractivity contribution in [3.05, 3.63) is 91.1 Å². The number of ether oxygens (including phenoxy) is 1. The van der Waals surface area contributed by atoms with Gasteiger partial charge in [-0.2, -0.15) is 0 Å². The molecule has 4 rings (SSSR count). The van der Waals surface area contributed by atoms with Gasteiger partial charge in [0, 0.05) is 11.3 Å². The maximum absolute atomic E-state index is 12.1. The number of rotatable bonds is 6. The maximum atomic E-state index is 12.1. The predicted molar refractivity (Wildman–Crippen MR) is 107 cm³/mol. The van der Waals surface area contributed by atoms with Crippen LogP contribution in [0.2, 0.25) is 0 Å². The minimum Gasteiger partial charge on any atom is -0.484 e. The van der Waals surface area contributed by atoms with Gasteiger partial charge >= 0.3 is 0 Å². The van der Waals surface area contributed by atoms with Crippen LogP contribution in [0.4, 0.5) is 5.69 Å². The highest BCUT2D eigenvalue weighted by Crippen LogP contribution is 2.22. The summed E-state index contributed by atoms with van der Waals surface area (Å²) in [5.41, 5.74) is 3.47. The Bertz CT molecular complexity index is 1040. The molecule has 0 bridgehead atoms. The Morgan fingerprint density at radius 2 is 1.57 bits per heavy atom. The summed E-state index contributed by atoms with van der Waals surface area (Å²) in [6.45, 7) is -0.0486. The monoisotopic (exact) mass is 370 g/mol. The number of nitrogens with zero attached hydrogens (tertiary/aromatic N) is 3. The molecule has 0 spiro atoms. The van der Waals surface area contributed by atoms with Crippen molar-refractivity contribution in [1.82, 2.24) is 15.0 Å². The number of nitrogens with one attached hydrogen (secondary N) is 1. The normalized spacial score (nSPS) is 10.4. The van der Waals surface area contributed by atoms with E-state index in [2.05, 4.69) is 15.6 Å². The summed E-state index contributed by atoms with van der Waals surface area (Å²) in [7, 11) is 0. The van der Waals surface area contributed by atoms with E-state index < -0.39 is 0 Å². The second-order valence-corrected chi connectivity index (χ2v) is 6.09. The van der Waals surface area contributed by atoms with Gasteiger partial charge in [-0.15, -0.1) is 5.10 Å². The van der Waals surface area contributed by atoms with Crippen LogP contribution < -0.4 is 10.1 Å². The molecule has 0 aliphatic carbocycles. The molecule has 1 aromatic heterocycles. The molecule has 28 heavy (non-hydrogen) atoms. The van der Waals surface area contributed by atoms with Crippen LogP contribution >= 0.6 is 0 Å². The van der Waals surface area contributed by atoms with Crippen LogP contribution in [0.25, 0.3) is 16.9 Å². The lowest BCUT2D eigenvalue weighted by molar-refractivity contribution is -0.118. The summed E-state index contributed by atoms with van der Waals surface area (Å²) in [6, 6.07) is 26.6. The lowest BCUT2D eigenvalue weighted by atomic mass is 10.1. The van der Waals surface area contributed by atoms with Crippen molar-refractivity contribution in [3.63, 3.8) is 0 Å². The van der Waals surface area contributed by atoms with Crippen LogP contribution in [0, 0.1) is 0 Å². The largest absolute Gasteiger partial charge is 0.484 e. The van der Waals surface area contributed by atoms with Crippen LogP contribution in [-0.4, -0.2) is 27.5 Å². The number of hydrogen-bond donors (Lipinski definition) is 1. The molecule has 0 aliphatic heterocycles. The first kappa shape index (κ1) is 17.5. The fourth-order valence-electron chi connectivity index (χ4n) is 2.78. The van der Waals surface area contributed by atoms with E-state index in [4.69, 9.17) is 4.74 Å². The molecular formula is C22H18N4O2. The second-order valence-electron chi connectivity index (χ2n) is 6.09. The quantitative estimate of drug-likeness (QED) is 0.558. The molecule has 6 nitrogen and oxygen atoms in total. The zero-order chi connectivity index (χ0) is 19.2. The van der Waals surface area contributed by atoms with E-state index in [1.54, 1.807) is 10.9 Å². The van der Waals surface area contributed by atoms with E-state index in [0.29, 0.717) is 11.4 Å². The first-order valence-electron chi connectivity index (χ1n) is 8.84. The Labute approximate surface area is 162 Å². The first-order chi connectivity index (χ1) is 13.8. The van der Waals surface area contributed by atoms with E-state index in [0.717, 1.165) is 16.9 Å². The molecule has 0 saturated carbocycles. The molecule has 1 heterocycles. The zero-order valence-corrected chi connectivity index (χ0v) is 15.0. The minimum atomic E-state index is -0.220. The average Bonchev–Trinajstić information content (AvgIpc) is 3.24. The third kappa shape index (κ3) is 4.07. The minimum absolute atomic E-state index is 0.0486. The Hall–Kier alpha value is -3.93. The fourth-order valence-corrected chi connectivity index (χ4v) is 2.78. The van der Waals surface area contributed by atoms with Crippen molar-refractivity contribution in [2.75, 3.05) is 11.9 Å². The van der Waals surface area contributed by atoms with E-state index in [9.17, 15) is 4.79 Å². The van der Waals surface area contributed by atoms with Gasteiger partial charge in [-0.3, -0.25) is 4.79 Å². The topological polar surface area (TPSA) is 69.0 Å². The molecule has 1 amide bonds. The Balaban J connectivity index is 1.42. The van der Waals surface area contributed by atoms with Crippen LogP contribution in [0.5, 0.6) is 5.75 Å². The van der Waals surface area contributed by atoms with E-state index in [-0.39, 0.29) is 12.5 Å². The van der Waals surface area contributed by atoms with Crippen LogP contribution in [0.1, 0.15) is 0 Å². The van der Waals surface area contributed by atoms with Crippen LogP contribution in [0.15, 0.2) is 91.1 Å². The molecule has 3 aromatic carbocycles. The summed E-state index contributed by atoms with van der Waals surface area (Å²) < 4.78 is 7.22. The van der Waals surface area contributed by atoms with E-state index in [1.807, 2.05) is 84.9 Å². The van der Waals surface area contributed by atoms with Crippen molar-refractivity contribution >= 4 is 11.6 Å². The van der Waals surface area contributed by atoms with Gasteiger partial charge in [-0.25, -0.2) is 4.68 Å². The number of anilines is 1. The summed E-state index contributed by atoms with van der Waals surface area (Å²) in [5.74, 6) is 0.440. The van der Waals surface area contributed by atoms with Crippen LogP contribution in [0.3, 0.4) is 0 Å². The van der Waals surface area contributed by atoms with E-state index >= 15 is 0 Å². The van der Waals surface area contributed by atoms with Crippen molar-refractivity contribution in [3.8, 4) is 22.7 Å². The van der Waals surface area contributed by atoms with Crippen molar-refractivity contribution in [2.45, 2.75) is 0 Å². The van der Waals surface area contributed by atoms with Gasteiger partial charge in [0.2, 0.25) is 0 Å². The molecule has 0 atom stereocenters. The maximum Gasteiger partial charge on any atom is 0.262 e. The van der Waals surface area contributed by atoms with Crippen LogP contribution in [-0.2, 0) is 4.79 Å². The molecule has 0 radical (unpaired) electrons. The predicted octanol–water partition coefficient (Wildman–Crippen LogP) is 3.95. The number of benzene rings is 3. The van der Waals surface area contributed by atoms with Gasteiger partial charge in [0.1, 0.15) is 5.75 Å². The Morgan fingerprint density at radius 1 is 0.893 bits per heavy atom. The van der Waals surface area contributed by atoms with Gasteiger partial charge in [-0.05, 0) is 36.4 Å². The Morgan fingerprint density at radius 3 is 2.29 bits per heavy atom. The number of aromatic nitrogens is 3. The standard InChI is InChI=1S/C22H18N4O2/c27-22(16-28-20-9-5-2-6-10-20)24-18-11-13-19(14-12-18)26-21(15-23-25-26)17-7-3-1-4-8-17/h1-15H,16H2,(H,24,27).